The van der Waals surface area contributed by atoms with Crippen molar-refractivity contribution in [3.05, 3.63) is 96.7 Å². The molecule has 1 aliphatic rings. The largest absolute Gasteiger partial charge is 0.454 e. The highest BCUT2D eigenvalue weighted by molar-refractivity contribution is 6.08. The van der Waals surface area contributed by atoms with Crippen LogP contribution in [0, 0.1) is 5.82 Å². The first kappa shape index (κ1) is 31.9. The minimum atomic E-state index is -1.32. The first-order valence-electron chi connectivity index (χ1n) is 13.6. The lowest BCUT2D eigenvalue weighted by atomic mass is 10.0. The summed E-state index contributed by atoms with van der Waals surface area (Å²) in [4.78, 5) is 49.2. The number of amides is 3. The van der Waals surface area contributed by atoms with E-state index in [0.717, 1.165) is 48.5 Å². The van der Waals surface area contributed by atoms with Crippen LogP contribution in [0.1, 0.15) is 18.0 Å². The molecule has 0 aliphatic carbocycles. The van der Waals surface area contributed by atoms with Gasteiger partial charge in [-0.2, -0.15) is 0 Å². The van der Waals surface area contributed by atoms with Crippen LogP contribution in [0.2, 0.25) is 0 Å². The highest BCUT2D eigenvalue weighted by Crippen LogP contribution is 2.36. The van der Waals surface area contributed by atoms with Crippen molar-refractivity contribution in [2.45, 2.75) is 12.5 Å². The van der Waals surface area contributed by atoms with E-state index in [2.05, 4.69) is 20.2 Å². The molecule has 3 heterocycles. The molecular formula is C31H31ClFN7O4. The number of carbonyl (C=O) groups excluding carboxylic acids is 3. The lowest BCUT2D eigenvalue weighted by molar-refractivity contribution is -0.128. The zero-order valence-corrected chi connectivity index (χ0v) is 24.4. The second-order valence-electron chi connectivity index (χ2n) is 9.85. The highest BCUT2D eigenvalue weighted by atomic mass is 35.5. The average molecular weight is 620 g/mol. The van der Waals surface area contributed by atoms with Gasteiger partial charge in [-0.25, -0.2) is 9.37 Å². The number of nitrogens with zero attached hydrogens (tertiary/aromatic N) is 4. The Kier molecular flexibility index (Phi) is 10.4. The van der Waals surface area contributed by atoms with Crippen molar-refractivity contribution in [1.82, 2.24) is 15.3 Å². The number of aromatic nitrogens is 2. The molecule has 3 amide bonds. The van der Waals surface area contributed by atoms with Crippen LogP contribution in [0.3, 0.4) is 0 Å². The predicted molar refractivity (Wildman–Crippen MR) is 166 cm³/mol. The second-order valence-corrected chi connectivity index (χ2v) is 9.85. The highest BCUT2D eigenvalue weighted by Gasteiger charge is 2.32. The maximum absolute atomic E-state index is 15.6. The van der Waals surface area contributed by atoms with Gasteiger partial charge < -0.3 is 26.4 Å². The number of halogens is 2. The first-order valence-corrected chi connectivity index (χ1v) is 13.6. The van der Waals surface area contributed by atoms with Crippen LogP contribution in [-0.2, 0) is 14.4 Å². The number of ether oxygens (including phenoxy) is 1. The summed E-state index contributed by atoms with van der Waals surface area (Å²) in [6, 6.07) is 16.2. The zero-order valence-electron chi connectivity index (χ0n) is 23.6. The third-order valence-electron chi connectivity index (χ3n) is 6.93. The minimum Gasteiger partial charge on any atom is -0.454 e. The number of rotatable bonds is 10. The van der Waals surface area contributed by atoms with Gasteiger partial charge >= 0.3 is 0 Å². The number of piperazine rings is 1. The van der Waals surface area contributed by atoms with Crippen LogP contribution in [0.15, 0.2) is 85.3 Å². The summed E-state index contributed by atoms with van der Waals surface area (Å²) in [5.74, 6) is -2.37. The molecule has 0 saturated carbocycles. The second kappa shape index (κ2) is 14.4. The Morgan fingerprint density at radius 3 is 2.36 bits per heavy atom. The van der Waals surface area contributed by atoms with E-state index >= 15 is 4.39 Å². The molecule has 4 aromatic rings. The molecule has 1 aliphatic heterocycles. The number of nitrogens with two attached hydrogens (primary N) is 2. The number of benzene rings is 2. The summed E-state index contributed by atoms with van der Waals surface area (Å²) in [7, 11) is 0. The van der Waals surface area contributed by atoms with E-state index in [9.17, 15) is 14.4 Å². The number of hydrogen-bond acceptors (Lipinski definition) is 8. The lowest BCUT2D eigenvalue weighted by Gasteiger charge is -2.30. The van der Waals surface area contributed by atoms with Crippen molar-refractivity contribution >= 4 is 41.6 Å². The zero-order chi connectivity index (χ0) is 30.3. The number of anilines is 2. The van der Waals surface area contributed by atoms with E-state index in [1.807, 2.05) is 12.1 Å². The molecule has 0 radical (unpaired) electrons. The Morgan fingerprint density at radius 1 is 0.977 bits per heavy atom. The molecule has 11 nitrogen and oxygen atoms in total. The smallest absolute Gasteiger partial charge is 0.245 e. The Balaban J connectivity index is 0.00000442. The third-order valence-corrected chi connectivity index (χ3v) is 6.93. The van der Waals surface area contributed by atoms with Gasteiger partial charge in [0, 0.05) is 67.7 Å². The van der Waals surface area contributed by atoms with E-state index < -0.39 is 36.0 Å². The summed E-state index contributed by atoms with van der Waals surface area (Å²) >= 11 is 0. The normalized spacial score (nSPS) is 13.3. The molecule has 1 atom stereocenters. The molecular weight excluding hydrogens is 589 g/mol. The van der Waals surface area contributed by atoms with Gasteiger partial charge in [-0.1, -0.05) is 30.3 Å². The number of carbonyl (C=O) groups is 3. The van der Waals surface area contributed by atoms with Gasteiger partial charge in [0.05, 0.1) is 0 Å². The van der Waals surface area contributed by atoms with Gasteiger partial charge in [0.1, 0.15) is 24.0 Å². The van der Waals surface area contributed by atoms with Crippen molar-refractivity contribution in [1.29, 1.82) is 0 Å². The molecule has 5 rings (SSSR count). The van der Waals surface area contributed by atoms with E-state index in [-0.39, 0.29) is 23.8 Å². The van der Waals surface area contributed by atoms with Crippen molar-refractivity contribution in [3.8, 4) is 22.6 Å². The molecule has 228 valence electrons. The van der Waals surface area contributed by atoms with Crippen LogP contribution < -0.4 is 31.3 Å². The molecule has 1 fully saturated rings. The van der Waals surface area contributed by atoms with Crippen molar-refractivity contribution in [2.75, 3.05) is 36.0 Å². The molecule has 44 heavy (non-hydrogen) atoms. The standard InChI is InChI=1S/C31H30FN7O4.ClH/c32-24-16-22(39(29(41)17-27(33)40)30(31(34)42)20-4-2-1-3-5-20)7-8-26(24)43-25-10-11-36-19-23(25)21-6-9-28(37-18-21)38-14-12-35-13-15-38;/h1-11,16,18-19,30,35H,12-15,17H2,(H2,33,40)(H2,34,42);1H/t30-;/m1./s1. The van der Waals surface area contributed by atoms with E-state index in [1.54, 1.807) is 48.8 Å². The first-order chi connectivity index (χ1) is 20.8. The predicted octanol–water partition coefficient (Wildman–Crippen LogP) is 3.34. The third kappa shape index (κ3) is 7.28. The quantitative estimate of drug-likeness (QED) is 0.228. The van der Waals surface area contributed by atoms with Gasteiger partial charge in [0.25, 0.3) is 0 Å². The average Bonchev–Trinajstić information content (AvgIpc) is 3.01. The Hall–Kier alpha value is -5.07. The number of nitrogens with one attached hydrogen (secondary N) is 1. The fourth-order valence-electron chi connectivity index (χ4n) is 4.90. The maximum atomic E-state index is 15.6. The van der Waals surface area contributed by atoms with Crippen LogP contribution >= 0.6 is 12.4 Å². The van der Waals surface area contributed by atoms with E-state index in [1.165, 1.54) is 18.3 Å². The minimum absolute atomic E-state index is 0. The number of pyridine rings is 2. The van der Waals surface area contributed by atoms with Gasteiger partial charge in [-0.15, -0.1) is 12.4 Å². The Morgan fingerprint density at radius 2 is 1.73 bits per heavy atom. The summed E-state index contributed by atoms with van der Waals surface area (Å²) in [6.07, 6.45) is 4.13. The van der Waals surface area contributed by atoms with Crippen molar-refractivity contribution in [3.63, 3.8) is 0 Å². The molecule has 2 aromatic heterocycles. The van der Waals surface area contributed by atoms with Crippen LogP contribution in [-0.4, -0.2) is 53.9 Å². The van der Waals surface area contributed by atoms with Crippen LogP contribution in [0.5, 0.6) is 11.5 Å². The molecule has 0 unspecified atom stereocenters. The summed E-state index contributed by atoms with van der Waals surface area (Å²) in [5.41, 5.74) is 12.6. The number of primary amides is 2. The van der Waals surface area contributed by atoms with Crippen LogP contribution in [0.25, 0.3) is 11.1 Å². The molecule has 2 aromatic carbocycles. The summed E-state index contributed by atoms with van der Waals surface area (Å²) in [5, 5.41) is 3.31. The SMILES string of the molecule is Cl.NC(=O)CC(=O)N(c1ccc(Oc2ccncc2-c2ccc(N3CCNCC3)nc2)c(F)c1)[C@@H](C(N)=O)c1ccccc1. The van der Waals surface area contributed by atoms with Gasteiger partial charge in [0.15, 0.2) is 11.6 Å². The lowest BCUT2D eigenvalue weighted by Crippen LogP contribution is -2.43. The number of hydrogen-bond donors (Lipinski definition) is 3. The fourth-order valence-corrected chi connectivity index (χ4v) is 4.90. The fraction of sp³-hybridized carbons (Fsp3) is 0.194. The molecule has 13 heteroatoms. The Bertz CT molecular complexity index is 1620. The van der Waals surface area contributed by atoms with Crippen molar-refractivity contribution < 1.29 is 23.5 Å². The summed E-state index contributed by atoms with van der Waals surface area (Å²) < 4.78 is 21.5. The molecule has 1 saturated heterocycles. The van der Waals surface area contributed by atoms with E-state index in [4.69, 9.17) is 16.2 Å². The Labute approximate surface area is 259 Å². The molecule has 0 bridgehead atoms. The topological polar surface area (TPSA) is 157 Å². The van der Waals surface area contributed by atoms with Gasteiger partial charge in [-0.05, 0) is 35.9 Å². The maximum Gasteiger partial charge on any atom is 0.245 e. The van der Waals surface area contributed by atoms with Crippen molar-refractivity contribution in [2.24, 2.45) is 11.5 Å². The van der Waals surface area contributed by atoms with Gasteiger partial charge in [-0.3, -0.25) is 24.3 Å². The molecule has 0 spiro atoms. The molecule has 5 N–H and O–H groups in total. The summed E-state index contributed by atoms with van der Waals surface area (Å²) in [6.45, 7) is 3.50. The van der Waals surface area contributed by atoms with Gasteiger partial charge in [0.2, 0.25) is 17.7 Å². The van der Waals surface area contributed by atoms with Crippen LogP contribution in [0.4, 0.5) is 15.9 Å². The monoisotopic (exact) mass is 619 g/mol. The van der Waals surface area contributed by atoms with E-state index in [0.29, 0.717) is 16.9 Å².